The summed E-state index contributed by atoms with van der Waals surface area (Å²) in [4.78, 5) is 17.1. The summed E-state index contributed by atoms with van der Waals surface area (Å²) in [5.74, 6) is 0.0173. The number of nitrogens with zero attached hydrogens (tertiary/aromatic N) is 2. The highest BCUT2D eigenvalue weighted by Gasteiger charge is 2.46. The van der Waals surface area contributed by atoms with Crippen LogP contribution in [0.15, 0.2) is 34.7 Å². The topological polar surface area (TPSA) is 56.9 Å². The third-order valence-electron chi connectivity index (χ3n) is 6.12. The van der Waals surface area contributed by atoms with Crippen molar-refractivity contribution in [3.05, 3.63) is 35.8 Å². The van der Waals surface area contributed by atoms with Gasteiger partial charge in [-0.05, 0) is 45.1 Å². The largest absolute Gasteiger partial charge is 0.472 e. The first-order valence-corrected chi connectivity index (χ1v) is 9.91. The molecule has 2 atom stereocenters. The Morgan fingerprint density at radius 2 is 2.27 bits per heavy atom. The highest BCUT2D eigenvalue weighted by atomic mass is 16.3. The van der Waals surface area contributed by atoms with Gasteiger partial charge in [-0.1, -0.05) is 18.6 Å². The molecule has 1 aromatic rings. The lowest BCUT2D eigenvalue weighted by atomic mass is 9.71. The first-order valence-electron chi connectivity index (χ1n) is 9.91. The highest BCUT2D eigenvalue weighted by molar-refractivity contribution is 5.93. The first kappa shape index (κ1) is 19.2. The summed E-state index contributed by atoms with van der Waals surface area (Å²) in [6, 6.07) is 1.72. The van der Waals surface area contributed by atoms with Crippen LogP contribution in [-0.2, 0) is 0 Å². The fourth-order valence-electron chi connectivity index (χ4n) is 4.37. The number of hydrogen-bond donors (Lipinski definition) is 1. The summed E-state index contributed by atoms with van der Waals surface area (Å²) in [5.41, 5.74) is 1.84. The minimum atomic E-state index is -0.327. The molecule has 0 bridgehead atoms. The van der Waals surface area contributed by atoms with Crippen molar-refractivity contribution in [1.29, 1.82) is 0 Å². The number of amides is 1. The molecule has 2 saturated heterocycles. The molecule has 144 valence electrons. The molecular formula is C21H32N2O3. The van der Waals surface area contributed by atoms with Crippen LogP contribution in [-0.4, -0.2) is 59.6 Å². The predicted octanol–water partition coefficient (Wildman–Crippen LogP) is 3.32. The number of likely N-dealkylation sites (tertiary alicyclic amines) is 2. The van der Waals surface area contributed by atoms with Gasteiger partial charge in [-0.3, -0.25) is 4.79 Å². The maximum Gasteiger partial charge on any atom is 0.257 e. The quantitative estimate of drug-likeness (QED) is 0.819. The van der Waals surface area contributed by atoms with E-state index in [9.17, 15) is 9.90 Å². The number of allylic oxidation sites excluding steroid dienone is 1. The average Bonchev–Trinajstić information content (AvgIpc) is 3.19. The van der Waals surface area contributed by atoms with Gasteiger partial charge in [0.25, 0.3) is 5.91 Å². The normalized spacial score (nSPS) is 27.9. The monoisotopic (exact) mass is 360 g/mol. The number of piperidine rings is 2. The van der Waals surface area contributed by atoms with E-state index < -0.39 is 0 Å². The summed E-state index contributed by atoms with van der Waals surface area (Å²) in [5, 5.41) is 10.8. The molecule has 1 spiro atoms. The Labute approximate surface area is 156 Å². The van der Waals surface area contributed by atoms with Crippen molar-refractivity contribution in [3.8, 4) is 0 Å². The zero-order valence-electron chi connectivity index (χ0n) is 16.1. The Morgan fingerprint density at radius 1 is 1.42 bits per heavy atom. The maximum atomic E-state index is 12.7. The zero-order chi connectivity index (χ0) is 18.6. The third kappa shape index (κ3) is 4.21. The van der Waals surface area contributed by atoms with E-state index in [4.69, 9.17) is 4.42 Å². The molecule has 1 N–H and O–H groups in total. The highest BCUT2D eigenvalue weighted by Crippen LogP contribution is 2.39. The molecule has 5 nitrogen and oxygen atoms in total. The number of aliphatic hydroxyl groups is 1. The van der Waals surface area contributed by atoms with Gasteiger partial charge in [0.15, 0.2) is 0 Å². The standard InChI is InChI=1S/C21H32N2O3/c1-3-17(2)6-4-10-22-12-7-19(24)21(15-22)9-5-11-23(16-21)20(25)18-8-13-26-14-18/h6,8,13-14,19,24H,3-5,7,9-12,15-16H2,1-2H3/t19-,21-/m1/s1. The smallest absolute Gasteiger partial charge is 0.257 e. The number of carbonyl (C=O) groups is 1. The molecule has 2 aliphatic heterocycles. The number of furan rings is 1. The van der Waals surface area contributed by atoms with Crippen LogP contribution in [0, 0.1) is 5.41 Å². The van der Waals surface area contributed by atoms with Gasteiger partial charge in [-0.15, -0.1) is 0 Å². The molecule has 3 rings (SSSR count). The Balaban J connectivity index is 1.65. The number of hydrogen-bond acceptors (Lipinski definition) is 4. The Kier molecular flexibility index (Phi) is 6.20. The average molecular weight is 360 g/mol. The zero-order valence-corrected chi connectivity index (χ0v) is 16.1. The van der Waals surface area contributed by atoms with Gasteiger partial charge in [-0.2, -0.15) is 0 Å². The van der Waals surface area contributed by atoms with Crippen LogP contribution in [0.1, 0.15) is 56.3 Å². The summed E-state index contributed by atoms with van der Waals surface area (Å²) in [6.45, 7) is 8.62. The SMILES string of the molecule is CCC(C)=CCCN1CC[C@@H](O)[C@]2(CCCN(C(=O)c3ccoc3)C2)C1. The molecule has 0 saturated carbocycles. The molecule has 1 amide bonds. The second-order valence-corrected chi connectivity index (χ2v) is 7.98. The van der Waals surface area contributed by atoms with E-state index in [1.165, 1.54) is 18.1 Å². The van der Waals surface area contributed by atoms with E-state index in [-0.39, 0.29) is 17.4 Å². The van der Waals surface area contributed by atoms with E-state index in [1.807, 2.05) is 4.90 Å². The number of aliphatic hydroxyl groups excluding tert-OH is 1. The molecule has 3 heterocycles. The Hall–Kier alpha value is -1.59. The number of carbonyl (C=O) groups excluding carboxylic acids is 1. The van der Waals surface area contributed by atoms with E-state index in [2.05, 4.69) is 24.8 Å². The maximum absolute atomic E-state index is 12.7. The second kappa shape index (κ2) is 8.40. The van der Waals surface area contributed by atoms with Crippen LogP contribution in [0.3, 0.4) is 0 Å². The molecule has 0 aromatic carbocycles. The molecule has 1 aromatic heterocycles. The fourth-order valence-corrected chi connectivity index (χ4v) is 4.37. The molecule has 2 aliphatic rings. The third-order valence-corrected chi connectivity index (χ3v) is 6.12. The van der Waals surface area contributed by atoms with Gasteiger partial charge in [0, 0.05) is 38.1 Å². The molecule has 0 unspecified atom stereocenters. The van der Waals surface area contributed by atoms with Crippen LogP contribution in [0.25, 0.3) is 0 Å². The minimum Gasteiger partial charge on any atom is -0.472 e. The molecule has 26 heavy (non-hydrogen) atoms. The molecule has 5 heteroatoms. The molecule has 0 aliphatic carbocycles. The van der Waals surface area contributed by atoms with Gasteiger partial charge in [0.1, 0.15) is 6.26 Å². The fraction of sp³-hybridized carbons (Fsp3) is 0.667. The minimum absolute atomic E-state index is 0.0173. The van der Waals surface area contributed by atoms with Crippen molar-refractivity contribution >= 4 is 5.91 Å². The van der Waals surface area contributed by atoms with Gasteiger partial charge in [-0.25, -0.2) is 0 Å². The summed E-state index contributed by atoms with van der Waals surface area (Å²) in [6.07, 6.45) is 9.94. The van der Waals surface area contributed by atoms with Gasteiger partial charge < -0.3 is 19.3 Å². The van der Waals surface area contributed by atoms with Crippen molar-refractivity contribution in [1.82, 2.24) is 9.80 Å². The van der Waals surface area contributed by atoms with Crippen LogP contribution in [0.5, 0.6) is 0 Å². The van der Waals surface area contributed by atoms with Crippen LogP contribution >= 0.6 is 0 Å². The van der Waals surface area contributed by atoms with E-state index in [1.54, 1.807) is 6.07 Å². The number of rotatable bonds is 5. The van der Waals surface area contributed by atoms with Gasteiger partial charge >= 0.3 is 0 Å². The lowest BCUT2D eigenvalue weighted by Gasteiger charge is -2.51. The van der Waals surface area contributed by atoms with Gasteiger partial charge in [0.2, 0.25) is 0 Å². The van der Waals surface area contributed by atoms with Crippen molar-refractivity contribution in [2.75, 3.05) is 32.7 Å². The van der Waals surface area contributed by atoms with Crippen LogP contribution < -0.4 is 0 Å². The van der Waals surface area contributed by atoms with Crippen molar-refractivity contribution in [2.45, 2.75) is 52.1 Å². The first-order chi connectivity index (χ1) is 12.5. The Bertz CT molecular complexity index is 625. The summed E-state index contributed by atoms with van der Waals surface area (Å²) < 4.78 is 5.06. The lowest BCUT2D eigenvalue weighted by Crippen LogP contribution is -2.59. The van der Waals surface area contributed by atoms with E-state index in [0.29, 0.717) is 12.1 Å². The molecular weight excluding hydrogens is 328 g/mol. The predicted molar refractivity (Wildman–Crippen MR) is 102 cm³/mol. The van der Waals surface area contributed by atoms with Gasteiger partial charge in [0.05, 0.1) is 17.9 Å². The van der Waals surface area contributed by atoms with E-state index >= 15 is 0 Å². The summed E-state index contributed by atoms with van der Waals surface area (Å²) in [7, 11) is 0. The van der Waals surface area contributed by atoms with E-state index in [0.717, 1.165) is 58.3 Å². The van der Waals surface area contributed by atoms with Crippen LogP contribution in [0.4, 0.5) is 0 Å². The summed E-state index contributed by atoms with van der Waals surface area (Å²) >= 11 is 0. The molecule has 0 radical (unpaired) electrons. The second-order valence-electron chi connectivity index (χ2n) is 7.98. The van der Waals surface area contributed by atoms with Crippen molar-refractivity contribution in [3.63, 3.8) is 0 Å². The van der Waals surface area contributed by atoms with Crippen molar-refractivity contribution in [2.24, 2.45) is 5.41 Å². The van der Waals surface area contributed by atoms with Crippen molar-refractivity contribution < 1.29 is 14.3 Å². The Morgan fingerprint density at radius 3 is 3.00 bits per heavy atom. The van der Waals surface area contributed by atoms with Crippen LogP contribution in [0.2, 0.25) is 0 Å². The molecule has 2 fully saturated rings. The lowest BCUT2D eigenvalue weighted by molar-refractivity contribution is -0.0782.